The van der Waals surface area contributed by atoms with E-state index in [9.17, 15) is 9.59 Å². The molecular formula is C19H22N2O3. The number of amides is 1. The molecule has 126 valence electrons. The number of aromatic nitrogens is 1. The van der Waals surface area contributed by atoms with Crippen LogP contribution < -0.4 is 5.32 Å². The number of hydrogen-bond acceptors (Lipinski definition) is 3. The lowest BCUT2D eigenvalue weighted by atomic mass is 9.81. The predicted molar refractivity (Wildman–Crippen MR) is 91.5 cm³/mol. The molecule has 24 heavy (non-hydrogen) atoms. The molecule has 0 saturated heterocycles. The number of aliphatic carboxylic acids is 1. The average Bonchev–Trinajstić information content (AvgIpc) is 2.62. The Hall–Kier alpha value is -2.43. The highest BCUT2D eigenvalue weighted by Crippen LogP contribution is 2.29. The number of carboxylic acid groups (broad SMARTS) is 1. The lowest BCUT2D eigenvalue weighted by Gasteiger charge is -2.25. The van der Waals surface area contributed by atoms with Crippen LogP contribution in [0.15, 0.2) is 36.5 Å². The number of nitrogens with one attached hydrogen (secondary N) is 1. The van der Waals surface area contributed by atoms with E-state index >= 15 is 0 Å². The maximum atomic E-state index is 12.3. The summed E-state index contributed by atoms with van der Waals surface area (Å²) < 4.78 is 0. The summed E-state index contributed by atoms with van der Waals surface area (Å²) in [6.45, 7) is 0.577. The fraction of sp³-hybridized carbons (Fsp3) is 0.421. The fourth-order valence-electron chi connectivity index (χ4n) is 3.44. The van der Waals surface area contributed by atoms with Gasteiger partial charge < -0.3 is 10.4 Å². The van der Waals surface area contributed by atoms with Gasteiger partial charge >= 0.3 is 5.97 Å². The summed E-state index contributed by atoms with van der Waals surface area (Å²) in [5, 5.41) is 13.1. The Balaban J connectivity index is 1.51. The Morgan fingerprint density at radius 1 is 1.08 bits per heavy atom. The summed E-state index contributed by atoms with van der Waals surface area (Å²) in [7, 11) is 0. The molecule has 0 atom stereocenters. The van der Waals surface area contributed by atoms with Gasteiger partial charge in [-0.2, -0.15) is 0 Å². The van der Waals surface area contributed by atoms with Crippen molar-refractivity contribution in [3.8, 4) is 0 Å². The number of carbonyl (C=O) groups excluding carboxylic acids is 1. The minimum Gasteiger partial charge on any atom is -0.481 e. The van der Waals surface area contributed by atoms with Gasteiger partial charge in [0.1, 0.15) is 0 Å². The third kappa shape index (κ3) is 3.72. The molecule has 1 aliphatic rings. The highest BCUT2D eigenvalue weighted by Gasteiger charge is 2.29. The van der Waals surface area contributed by atoms with Gasteiger partial charge in [0, 0.05) is 24.0 Å². The number of para-hydroxylation sites is 1. The molecule has 0 bridgehead atoms. The minimum absolute atomic E-state index is 0.0482. The molecule has 2 N–H and O–H groups in total. The van der Waals surface area contributed by atoms with Crippen LogP contribution in [0.1, 0.15) is 31.2 Å². The third-order valence-electron chi connectivity index (χ3n) is 4.86. The van der Waals surface area contributed by atoms with Gasteiger partial charge in [-0.25, -0.2) is 0 Å². The first-order valence-electron chi connectivity index (χ1n) is 8.48. The Morgan fingerprint density at radius 2 is 1.79 bits per heavy atom. The van der Waals surface area contributed by atoms with Crippen molar-refractivity contribution < 1.29 is 14.7 Å². The summed E-state index contributed by atoms with van der Waals surface area (Å²) in [5.74, 6) is -1.02. The van der Waals surface area contributed by atoms with Crippen molar-refractivity contribution in [2.24, 2.45) is 11.8 Å². The lowest BCUT2D eigenvalue weighted by molar-refractivity contribution is -0.144. The number of nitrogens with zero attached hydrogens (tertiary/aromatic N) is 1. The van der Waals surface area contributed by atoms with Gasteiger partial charge in [0.2, 0.25) is 5.91 Å². The number of pyridine rings is 1. The predicted octanol–water partition coefficient (Wildman–Crippen LogP) is 2.78. The quantitative estimate of drug-likeness (QED) is 0.885. The number of benzene rings is 1. The molecule has 0 aliphatic heterocycles. The first-order chi connectivity index (χ1) is 11.6. The van der Waals surface area contributed by atoms with Crippen LogP contribution in [0.2, 0.25) is 0 Å². The smallest absolute Gasteiger partial charge is 0.306 e. The van der Waals surface area contributed by atoms with Gasteiger partial charge in [-0.3, -0.25) is 14.6 Å². The zero-order chi connectivity index (χ0) is 16.9. The second kappa shape index (κ2) is 7.43. The zero-order valence-corrected chi connectivity index (χ0v) is 13.6. The Kier molecular flexibility index (Phi) is 5.08. The monoisotopic (exact) mass is 326 g/mol. The number of rotatable bonds is 5. The van der Waals surface area contributed by atoms with Crippen molar-refractivity contribution in [1.29, 1.82) is 0 Å². The highest BCUT2D eigenvalue weighted by molar-refractivity contribution is 5.82. The second-order valence-electron chi connectivity index (χ2n) is 6.42. The van der Waals surface area contributed by atoms with Crippen LogP contribution in [0.5, 0.6) is 0 Å². The van der Waals surface area contributed by atoms with Crippen molar-refractivity contribution in [3.63, 3.8) is 0 Å². The van der Waals surface area contributed by atoms with E-state index in [2.05, 4.69) is 10.3 Å². The fourth-order valence-corrected chi connectivity index (χ4v) is 3.44. The van der Waals surface area contributed by atoms with Crippen LogP contribution in [-0.4, -0.2) is 28.5 Å². The number of carboxylic acids is 1. The van der Waals surface area contributed by atoms with Crippen LogP contribution in [0.3, 0.4) is 0 Å². The van der Waals surface area contributed by atoms with Gasteiger partial charge in [0.25, 0.3) is 0 Å². The third-order valence-corrected chi connectivity index (χ3v) is 4.86. The molecule has 1 heterocycles. The molecule has 1 aliphatic carbocycles. The molecule has 0 spiro atoms. The van der Waals surface area contributed by atoms with Crippen LogP contribution >= 0.6 is 0 Å². The SMILES string of the molecule is O=C(O)C1CCC(C(=O)NCCc2cccc3cccnc23)CC1. The maximum absolute atomic E-state index is 12.3. The standard InChI is InChI=1S/C19H22N2O3/c22-18(15-6-8-16(9-7-15)19(23)24)21-12-10-14-4-1-3-13-5-2-11-20-17(13)14/h1-5,11,15-16H,6-10,12H2,(H,21,22)(H,23,24). The Bertz CT molecular complexity index is 731. The first-order valence-corrected chi connectivity index (χ1v) is 8.48. The number of hydrogen-bond donors (Lipinski definition) is 2. The number of fused-ring (bicyclic) bond motifs is 1. The largest absolute Gasteiger partial charge is 0.481 e. The highest BCUT2D eigenvalue weighted by atomic mass is 16.4. The summed E-state index contributed by atoms with van der Waals surface area (Å²) in [6, 6.07) is 10.0. The molecule has 1 fully saturated rings. The summed E-state index contributed by atoms with van der Waals surface area (Å²) in [5.41, 5.74) is 2.11. The molecule has 1 saturated carbocycles. The van der Waals surface area contributed by atoms with E-state index in [-0.39, 0.29) is 17.7 Å². The van der Waals surface area contributed by atoms with Crippen molar-refractivity contribution in [2.75, 3.05) is 6.54 Å². The van der Waals surface area contributed by atoms with E-state index in [1.807, 2.05) is 30.3 Å². The molecule has 5 nitrogen and oxygen atoms in total. The van der Waals surface area contributed by atoms with Crippen LogP contribution in [0.25, 0.3) is 10.9 Å². The maximum Gasteiger partial charge on any atom is 0.306 e. The van der Waals surface area contributed by atoms with Crippen molar-refractivity contribution in [1.82, 2.24) is 10.3 Å². The summed E-state index contributed by atoms with van der Waals surface area (Å²) >= 11 is 0. The van der Waals surface area contributed by atoms with Gasteiger partial charge in [-0.15, -0.1) is 0 Å². The molecule has 0 radical (unpaired) electrons. The molecule has 1 aromatic heterocycles. The molecule has 3 rings (SSSR count). The van der Waals surface area contributed by atoms with Crippen LogP contribution in [0.4, 0.5) is 0 Å². The van der Waals surface area contributed by atoms with Gasteiger partial charge in [0.05, 0.1) is 11.4 Å². The molecule has 1 amide bonds. The molecular weight excluding hydrogens is 304 g/mol. The van der Waals surface area contributed by atoms with E-state index in [4.69, 9.17) is 5.11 Å². The minimum atomic E-state index is -0.739. The van der Waals surface area contributed by atoms with E-state index in [0.717, 1.165) is 22.9 Å². The molecule has 2 aromatic rings. The van der Waals surface area contributed by atoms with Crippen molar-refractivity contribution in [3.05, 3.63) is 42.1 Å². The summed E-state index contributed by atoms with van der Waals surface area (Å²) in [6.07, 6.45) is 5.05. The van der Waals surface area contributed by atoms with E-state index < -0.39 is 5.97 Å². The average molecular weight is 326 g/mol. The van der Waals surface area contributed by atoms with Gasteiger partial charge in [-0.1, -0.05) is 24.3 Å². The lowest BCUT2D eigenvalue weighted by Crippen LogP contribution is -2.35. The van der Waals surface area contributed by atoms with Gasteiger partial charge in [-0.05, 0) is 43.7 Å². The van der Waals surface area contributed by atoms with Crippen molar-refractivity contribution in [2.45, 2.75) is 32.1 Å². The second-order valence-corrected chi connectivity index (χ2v) is 6.42. The Labute approximate surface area is 141 Å². The Morgan fingerprint density at radius 3 is 2.54 bits per heavy atom. The normalized spacial score (nSPS) is 20.7. The van der Waals surface area contributed by atoms with E-state index in [1.165, 1.54) is 0 Å². The van der Waals surface area contributed by atoms with E-state index in [0.29, 0.717) is 32.2 Å². The van der Waals surface area contributed by atoms with E-state index in [1.54, 1.807) is 6.20 Å². The van der Waals surface area contributed by atoms with Gasteiger partial charge in [0.15, 0.2) is 0 Å². The van der Waals surface area contributed by atoms with Crippen LogP contribution in [0, 0.1) is 11.8 Å². The molecule has 1 aromatic carbocycles. The van der Waals surface area contributed by atoms with Crippen LogP contribution in [-0.2, 0) is 16.0 Å². The summed E-state index contributed by atoms with van der Waals surface area (Å²) in [4.78, 5) is 27.6. The first kappa shape index (κ1) is 16.4. The molecule has 0 unspecified atom stereocenters. The topological polar surface area (TPSA) is 79.3 Å². The zero-order valence-electron chi connectivity index (χ0n) is 13.6. The molecule has 5 heteroatoms. The van der Waals surface area contributed by atoms with Crippen molar-refractivity contribution >= 4 is 22.8 Å². The number of carbonyl (C=O) groups is 2.